The molecule has 1 aliphatic rings. The second-order valence-corrected chi connectivity index (χ2v) is 1.63. The van der Waals surface area contributed by atoms with Gasteiger partial charge in [-0.1, -0.05) is 12.2 Å². The van der Waals surface area contributed by atoms with Crippen molar-refractivity contribution in [3.63, 3.8) is 0 Å². The summed E-state index contributed by atoms with van der Waals surface area (Å²) in [5.41, 5.74) is 1.03. The quantitative estimate of drug-likeness (QED) is 0.327. The summed E-state index contributed by atoms with van der Waals surface area (Å²) in [4.78, 5) is 0. The Balaban J connectivity index is 0.000000810. The molecule has 0 N–H and O–H groups in total. The van der Waals surface area contributed by atoms with Gasteiger partial charge in [-0.25, -0.2) is 0 Å². The van der Waals surface area contributed by atoms with E-state index in [0.717, 1.165) is 5.57 Å². The smallest absolute Gasteiger partial charge is 0.670 e. The van der Waals surface area contributed by atoms with Gasteiger partial charge in [0.05, 0.1) is 13.4 Å². The molecule has 3 heteroatoms. The maximum atomic E-state index is 4.78. The minimum Gasteiger partial charge on any atom is -0.670 e. The van der Waals surface area contributed by atoms with Crippen molar-refractivity contribution in [2.45, 2.75) is 0 Å². The van der Waals surface area contributed by atoms with Crippen molar-refractivity contribution in [2.24, 2.45) is 0 Å². The molecule has 0 atom stereocenters. The SMILES string of the molecule is COC=C1C=C[N-]C=C1.[Li+]. The van der Waals surface area contributed by atoms with Crippen LogP contribution in [0, 0.1) is 0 Å². The summed E-state index contributed by atoms with van der Waals surface area (Å²) in [6.45, 7) is 0. The number of rotatable bonds is 1. The number of nitrogens with zero attached hydrogens (tertiary/aromatic N) is 1. The molecule has 10 heavy (non-hydrogen) atoms. The zero-order valence-electron chi connectivity index (χ0n) is 6.24. The first-order valence-corrected chi connectivity index (χ1v) is 2.69. The Morgan fingerprint density at radius 1 is 1.40 bits per heavy atom. The monoisotopic (exact) mass is 129 g/mol. The van der Waals surface area contributed by atoms with Crippen molar-refractivity contribution in [2.75, 3.05) is 7.11 Å². The Hall–Kier alpha value is -0.583. The van der Waals surface area contributed by atoms with Crippen molar-refractivity contribution in [3.8, 4) is 0 Å². The molecule has 0 saturated carbocycles. The zero-order chi connectivity index (χ0) is 6.53. The molecule has 2 nitrogen and oxygen atoms in total. The largest absolute Gasteiger partial charge is 1.00 e. The first-order chi connectivity index (χ1) is 4.43. The van der Waals surface area contributed by atoms with E-state index in [2.05, 4.69) is 5.32 Å². The van der Waals surface area contributed by atoms with Gasteiger partial charge in [0.15, 0.2) is 0 Å². The standard InChI is InChI=1S/C7H8NO.Li/c1-9-6-7-2-4-8-5-3-7;/h2-6H,1H3;/q-1;+1. The first-order valence-electron chi connectivity index (χ1n) is 2.69. The van der Waals surface area contributed by atoms with Gasteiger partial charge in [-0.15, -0.1) is 0 Å². The molecule has 0 aromatic carbocycles. The molecule has 0 radical (unpaired) electrons. The molecule has 0 amide bonds. The number of methoxy groups -OCH3 is 1. The van der Waals surface area contributed by atoms with Gasteiger partial charge in [0, 0.05) is 5.57 Å². The molecule has 48 valence electrons. The van der Waals surface area contributed by atoms with Crippen molar-refractivity contribution in [1.29, 1.82) is 0 Å². The summed E-state index contributed by atoms with van der Waals surface area (Å²) in [6, 6.07) is 0. The Labute approximate surface area is 72.8 Å². The van der Waals surface area contributed by atoms with E-state index in [-0.39, 0.29) is 18.9 Å². The average Bonchev–Trinajstić information content (AvgIpc) is 1.91. The van der Waals surface area contributed by atoms with Gasteiger partial charge >= 0.3 is 18.9 Å². The fraction of sp³-hybridized carbons (Fsp3) is 0.143. The molecular weight excluding hydrogens is 121 g/mol. The maximum absolute atomic E-state index is 4.78. The molecule has 1 heterocycles. The number of ether oxygens (including phenoxy) is 1. The molecule has 0 aromatic rings. The van der Waals surface area contributed by atoms with Crippen molar-refractivity contribution < 1.29 is 23.6 Å². The van der Waals surface area contributed by atoms with Crippen molar-refractivity contribution >= 4 is 0 Å². The van der Waals surface area contributed by atoms with E-state index in [4.69, 9.17) is 4.74 Å². The average molecular weight is 129 g/mol. The van der Waals surface area contributed by atoms with Crippen LogP contribution in [0.2, 0.25) is 0 Å². The molecule has 0 bridgehead atoms. The fourth-order valence-corrected chi connectivity index (χ4v) is 0.578. The van der Waals surface area contributed by atoms with Crippen LogP contribution in [0.3, 0.4) is 0 Å². The van der Waals surface area contributed by atoms with E-state index in [0.29, 0.717) is 0 Å². The minimum absolute atomic E-state index is 0. The van der Waals surface area contributed by atoms with E-state index in [9.17, 15) is 0 Å². The van der Waals surface area contributed by atoms with Crippen LogP contribution in [0.15, 0.2) is 36.4 Å². The number of allylic oxidation sites excluding steroid dienone is 3. The summed E-state index contributed by atoms with van der Waals surface area (Å²) in [6.07, 6.45) is 8.88. The third-order valence-corrected chi connectivity index (χ3v) is 0.960. The van der Waals surface area contributed by atoms with E-state index >= 15 is 0 Å². The molecule has 0 unspecified atom stereocenters. The van der Waals surface area contributed by atoms with Gasteiger partial charge in [0.1, 0.15) is 0 Å². The van der Waals surface area contributed by atoms with Crippen LogP contribution in [-0.4, -0.2) is 7.11 Å². The fourth-order valence-electron chi connectivity index (χ4n) is 0.578. The van der Waals surface area contributed by atoms with Gasteiger partial charge in [0.2, 0.25) is 0 Å². The van der Waals surface area contributed by atoms with Crippen molar-refractivity contribution in [3.05, 3.63) is 41.7 Å². The minimum atomic E-state index is 0. The molecular formula is C7H8LiNO. The summed E-state index contributed by atoms with van der Waals surface area (Å²) in [7, 11) is 1.63. The van der Waals surface area contributed by atoms with Crippen LogP contribution in [0.4, 0.5) is 0 Å². The molecule has 0 saturated heterocycles. The van der Waals surface area contributed by atoms with Crippen LogP contribution in [0.25, 0.3) is 5.32 Å². The first kappa shape index (κ1) is 9.42. The summed E-state index contributed by atoms with van der Waals surface area (Å²) in [5.74, 6) is 0. The molecule has 0 fully saturated rings. The van der Waals surface area contributed by atoms with Crippen LogP contribution < -0.4 is 18.9 Å². The van der Waals surface area contributed by atoms with Gasteiger partial charge in [0.25, 0.3) is 0 Å². The topological polar surface area (TPSA) is 23.3 Å². The molecule has 0 spiro atoms. The van der Waals surface area contributed by atoms with E-state index in [1.165, 1.54) is 0 Å². The van der Waals surface area contributed by atoms with Gasteiger partial charge in [-0.2, -0.15) is 12.4 Å². The molecule has 0 aliphatic carbocycles. The molecule has 1 rings (SSSR count). The number of hydrogen-bond donors (Lipinski definition) is 0. The van der Waals surface area contributed by atoms with Crippen LogP contribution >= 0.6 is 0 Å². The van der Waals surface area contributed by atoms with Crippen molar-refractivity contribution in [1.82, 2.24) is 0 Å². The maximum Gasteiger partial charge on any atom is 1.00 e. The Morgan fingerprint density at radius 2 is 2.00 bits per heavy atom. The van der Waals surface area contributed by atoms with Crippen LogP contribution in [-0.2, 0) is 4.74 Å². The third kappa shape index (κ3) is 2.81. The van der Waals surface area contributed by atoms with E-state index in [1.54, 1.807) is 25.8 Å². The summed E-state index contributed by atoms with van der Waals surface area (Å²) >= 11 is 0. The Kier molecular flexibility index (Phi) is 4.92. The van der Waals surface area contributed by atoms with E-state index < -0.39 is 0 Å². The van der Waals surface area contributed by atoms with E-state index in [1.807, 2.05) is 12.2 Å². The zero-order valence-corrected chi connectivity index (χ0v) is 6.24. The van der Waals surface area contributed by atoms with Crippen LogP contribution in [0.1, 0.15) is 0 Å². The van der Waals surface area contributed by atoms with Gasteiger partial charge in [-0.3, -0.25) is 0 Å². The predicted molar refractivity (Wildman–Crippen MR) is 36.7 cm³/mol. The second kappa shape index (κ2) is 5.22. The second-order valence-electron chi connectivity index (χ2n) is 1.63. The normalized spacial score (nSPS) is 13.5. The summed E-state index contributed by atoms with van der Waals surface area (Å²) < 4.78 is 4.78. The summed E-state index contributed by atoms with van der Waals surface area (Å²) in [5, 5.41) is 3.85. The molecule has 0 aromatic heterocycles. The number of hydrogen-bond acceptors (Lipinski definition) is 1. The Bertz CT molecular complexity index is 158. The molecule has 1 aliphatic heterocycles. The third-order valence-electron chi connectivity index (χ3n) is 0.960. The van der Waals surface area contributed by atoms with Crippen LogP contribution in [0.5, 0.6) is 0 Å². The Morgan fingerprint density at radius 3 is 2.50 bits per heavy atom. The van der Waals surface area contributed by atoms with Gasteiger partial charge in [-0.05, 0) is 0 Å². The van der Waals surface area contributed by atoms with Gasteiger partial charge < -0.3 is 10.1 Å². The predicted octanol–water partition coefficient (Wildman–Crippen LogP) is -1.06.